The highest BCUT2D eigenvalue weighted by Gasteiger charge is 2.29. The van der Waals surface area contributed by atoms with Crippen molar-refractivity contribution in [2.24, 2.45) is 5.92 Å². The van der Waals surface area contributed by atoms with Gasteiger partial charge in [0.15, 0.2) is 0 Å². The molecule has 0 saturated heterocycles. The summed E-state index contributed by atoms with van der Waals surface area (Å²) in [5.74, 6) is 0.157. The minimum absolute atomic E-state index is 0.233. The number of aliphatic hydroxyl groups excluding tert-OH is 1. The van der Waals surface area contributed by atoms with Crippen LogP contribution in [0.15, 0.2) is 24.3 Å². The fourth-order valence-electron chi connectivity index (χ4n) is 1.52. The van der Waals surface area contributed by atoms with Gasteiger partial charge >= 0.3 is 0 Å². The van der Waals surface area contributed by atoms with Gasteiger partial charge in [-0.25, -0.2) is 4.39 Å². The second kappa shape index (κ2) is 4.73. The molecule has 0 amide bonds. The highest BCUT2D eigenvalue weighted by atomic mass is 19.1. The Morgan fingerprint density at radius 2 is 2.13 bits per heavy atom. The van der Waals surface area contributed by atoms with E-state index in [4.69, 9.17) is 4.74 Å². The summed E-state index contributed by atoms with van der Waals surface area (Å²) in [4.78, 5) is 0. The van der Waals surface area contributed by atoms with Crippen LogP contribution in [-0.4, -0.2) is 17.8 Å². The normalized spacial score (nSPS) is 17.7. The first-order chi connectivity index (χ1) is 7.27. The van der Waals surface area contributed by atoms with Gasteiger partial charge in [0.25, 0.3) is 0 Å². The van der Waals surface area contributed by atoms with Crippen molar-refractivity contribution in [2.75, 3.05) is 6.61 Å². The Labute approximate surface area is 88.7 Å². The molecule has 0 spiro atoms. The number of benzene rings is 1. The fourth-order valence-corrected chi connectivity index (χ4v) is 1.52. The number of halogens is 1. The Kier molecular flexibility index (Phi) is 3.34. The lowest BCUT2D eigenvalue weighted by atomic mass is 10.2. The summed E-state index contributed by atoms with van der Waals surface area (Å²) < 4.78 is 18.4. The van der Waals surface area contributed by atoms with Crippen molar-refractivity contribution in [3.8, 4) is 0 Å². The summed E-state index contributed by atoms with van der Waals surface area (Å²) in [6.07, 6.45) is 1.80. The molecule has 1 aromatic rings. The number of hydrogen-bond acceptors (Lipinski definition) is 2. The third-order valence-corrected chi connectivity index (χ3v) is 2.67. The molecule has 0 heterocycles. The summed E-state index contributed by atoms with van der Waals surface area (Å²) in [5.41, 5.74) is 0.542. The predicted octanol–water partition coefficient (Wildman–Crippen LogP) is 2.11. The molecular weight excluding hydrogens is 195 g/mol. The van der Waals surface area contributed by atoms with Gasteiger partial charge in [0.1, 0.15) is 5.82 Å². The van der Waals surface area contributed by atoms with Crippen LogP contribution in [0.3, 0.4) is 0 Å². The fraction of sp³-hybridized carbons (Fsp3) is 0.500. The first kappa shape index (κ1) is 10.6. The van der Waals surface area contributed by atoms with Gasteiger partial charge in [-0.15, -0.1) is 0 Å². The molecule has 0 aromatic heterocycles. The number of rotatable bonds is 5. The topological polar surface area (TPSA) is 29.5 Å². The maximum atomic E-state index is 13.1. The molecule has 1 fully saturated rings. The third-order valence-electron chi connectivity index (χ3n) is 2.67. The molecular formula is C12H15FO2. The van der Waals surface area contributed by atoms with E-state index in [1.807, 2.05) is 0 Å². The van der Waals surface area contributed by atoms with E-state index in [9.17, 15) is 9.50 Å². The standard InChI is InChI=1S/C12H15FO2/c13-11-4-2-1-3-10(11)7-15-8-12(14)9-5-6-9/h1-4,9,12,14H,5-8H2. The first-order valence-corrected chi connectivity index (χ1v) is 5.26. The van der Waals surface area contributed by atoms with E-state index in [0.29, 0.717) is 18.1 Å². The predicted molar refractivity (Wildman–Crippen MR) is 54.8 cm³/mol. The Bertz CT molecular complexity index is 323. The zero-order chi connectivity index (χ0) is 10.7. The lowest BCUT2D eigenvalue weighted by molar-refractivity contribution is 0.0169. The largest absolute Gasteiger partial charge is 0.390 e. The molecule has 1 aromatic carbocycles. The second-order valence-electron chi connectivity index (χ2n) is 4.01. The van der Waals surface area contributed by atoms with Gasteiger partial charge in [-0.2, -0.15) is 0 Å². The SMILES string of the molecule is OC(COCc1ccccc1F)C1CC1. The van der Waals surface area contributed by atoms with Gasteiger partial charge in [-0.05, 0) is 24.8 Å². The van der Waals surface area contributed by atoms with Crippen LogP contribution in [0.25, 0.3) is 0 Å². The van der Waals surface area contributed by atoms with Gasteiger partial charge in [0, 0.05) is 5.56 Å². The smallest absolute Gasteiger partial charge is 0.128 e. The van der Waals surface area contributed by atoms with Crippen LogP contribution < -0.4 is 0 Å². The van der Waals surface area contributed by atoms with Crippen LogP contribution >= 0.6 is 0 Å². The number of aliphatic hydroxyl groups is 1. The summed E-state index contributed by atoms with van der Waals surface area (Å²) in [5, 5.41) is 9.52. The van der Waals surface area contributed by atoms with Crippen LogP contribution in [0.2, 0.25) is 0 Å². The van der Waals surface area contributed by atoms with Crippen LogP contribution in [0, 0.1) is 11.7 Å². The first-order valence-electron chi connectivity index (χ1n) is 5.26. The maximum absolute atomic E-state index is 13.1. The minimum atomic E-state index is -0.378. The highest BCUT2D eigenvalue weighted by molar-refractivity contribution is 5.16. The minimum Gasteiger partial charge on any atom is -0.390 e. The maximum Gasteiger partial charge on any atom is 0.128 e. The van der Waals surface area contributed by atoms with E-state index in [-0.39, 0.29) is 18.5 Å². The van der Waals surface area contributed by atoms with Crippen LogP contribution in [-0.2, 0) is 11.3 Å². The van der Waals surface area contributed by atoms with Crippen molar-refractivity contribution >= 4 is 0 Å². The number of ether oxygens (including phenoxy) is 1. The highest BCUT2D eigenvalue weighted by Crippen LogP contribution is 2.32. The number of hydrogen-bond donors (Lipinski definition) is 1. The summed E-state index contributed by atoms with van der Waals surface area (Å²) >= 11 is 0. The van der Waals surface area contributed by atoms with Crippen molar-refractivity contribution < 1.29 is 14.2 Å². The molecule has 1 aliphatic carbocycles. The van der Waals surface area contributed by atoms with Crippen molar-refractivity contribution in [1.29, 1.82) is 0 Å². The van der Waals surface area contributed by atoms with E-state index in [1.165, 1.54) is 6.07 Å². The molecule has 1 atom stereocenters. The van der Waals surface area contributed by atoms with E-state index < -0.39 is 0 Å². The molecule has 1 saturated carbocycles. The lowest BCUT2D eigenvalue weighted by Crippen LogP contribution is -2.17. The van der Waals surface area contributed by atoms with Crippen molar-refractivity contribution in [2.45, 2.75) is 25.6 Å². The zero-order valence-corrected chi connectivity index (χ0v) is 8.53. The van der Waals surface area contributed by atoms with Gasteiger partial charge < -0.3 is 9.84 Å². The van der Waals surface area contributed by atoms with Crippen LogP contribution in [0.5, 0.6) is 0 Å². The Balaban J connectivity index is 1.75. The molecule has 1 aliphatic rings. The van der Waals surface area contributed by atoms with Crippen LogP contribution in [0.4, 0.5) is 4.39 Å². The second-order valence-corrected chi connectivity index (χ2v) is 4.01. The Hall–Kier alpha value is -0.930. The third kappa shape index (κ3) is 3.01. The molecule has 1 unspecified atom stereocenters. The van der Waals surface area contributed by atoms with Gasteiger partial charge in [0.2, 0.25) is 0 Å². The summed E-state index contributed by atoms with van der Waals surface area (Å²) in [6.45, 7) is 0.537. The summed E-state index contributed by atoms with van der Waals surface area (Å²) in [7, 11) is 0. The molecule has 0 radical (unpaired) electrons. The van der Waals surface area contributed by atoms with Gasteiger partial charge in [-0.3, -0.25) is 0 Å². The molecule has 1 N–H and O–H groups in total. The molecule has 0 aliphatic heterocycles. The molecule has 15 heavy (non-hydrogen) atoms. The quantitative estimate of drug-likeness (QED) is 0.806. The Morgan fingerprint density at radius 3 is 2.80 bits per heavy atom. The lowest BCUT2D eigenvalue weighted by Gasteiger charge is -2.10. The van der Waals surface area contributed by atoms with Crippen LogP contribution in [0.1, 0.15) is 18.4 Å². The monoisotopic (exact) mass is 210 g/mol. The van der Waals surface area contributed by atoms with Crippen molar-refractivity contribution in [3.63, 3.8) is 0 Å². The van der Waals surface area contributed by atoms with Gasteiger partial charge in [-0.1, -0.05) is 18.2 Å². The molecule has 0 bridgehead atoms. The molecule has 82 valence electrons. The van der Waals surface area contributed by atoms with E-state index in [1.54, 1.807) is 18.2 Å². The average molecular weight is 210 g/mol. The average Bonchev–Trinajstić information content (AvgIpc) is 3.04. The van der Waals surface area contributed by atoms with Crippen molar-refractivity contribution in [3.05, 3.63) is 35.6 Å². The molecule has 2 nitrogen and oxygen atoms in total. The molecule has 2 rings (SSSR count). The zero-order valence-electron chi connectivity index (χ0n) is 8.53. The van der Waals surface area contributed by atoms with E-state index in [0.717, 1.165) is 12.8 Å². The summed E-state index contributed by atoms with van der Waals surface area (Å²) in [6, 6.07) is 6.53. The molecule has 3 heteroatoms. The van der Waals surface area contributed by atoms with E-state index in [2.05, 4.69) is 0 Å². The van der Waals surface area contributed by atoms with Crippen molar-refractivity contribution in [1.82, 2.24) is 0 Å². The van der Waals surface area contributed by atoms with Gasteiger partial charge in [0.05, 0.1) is 19.3 Å². The van der Waals surface area contributed by atoms with E-state index >= 15 is 0 Å². The Morgan fingerprint density at radius 1 is 1.40 bits per heavy atom.